The second-order valence-corrected chi connectivity index (χ2v) is 5.51. The first-order valence-electron chi connectivity index (χ1n) is 8.71. The highest BCUT2D eigenvalue weighted by atomic mass is 16.5. The van der Waals surface area contributed by atoms with Gasteiger partial charge in [0, 0.05) is 19.8 Å². The van der Waals surface area contributed by atoms with Crippen LogP contribution in [0.5, 0.6) is 0 Å². The number of aliphatic hydroxyl groups excluding tert-OH is 1. The van der Waals surface area contributed by atoms with Crippen LogP contribution in [0.25, 0.3) is 0 Å². The highest BCUT2D eigenvalue weighted by molar-refractivity contribution is 5.13. The van der Waals surface area contributed by atoms with E-state index in [-0.39, 0.29) is 6.61 Å². The molecule has 132 valence electrons. The van der Waals surface area contributed by atoms with Crippen molar-refractivity contribution in [3.8, 4) is 0 Å². The largest absolute Gasteiger partial charge is 0.396 e. The molecule has 0 saturated heterocycles. The van der Waals surface area contributed by atoms with E-state index < -0.39 is 0 Å². The van der Waals surface area contributed by atoms with Crippen molar-refractivity contribution in [2.24, 2.45) is 0 Å². The number of hydrogen-bond donors (Lipinski definition) is 1. The van der Waals surface area contributed by atoms with E-state index in [2.05, 4.69) is 19.1 Å². The van der Waals surface area contributed by atoms with Crippen LogP contribution < -0.4 is 0 Å². The highest BCUT2D eigenvalue weighted by Gasteiger charge is 1.91. The van der Waals surface area contributed by atoms with E-state index in [4.69, 9.17) is 14.6 Å². The molecule has 0 unspecified atom stereocenters. The van der Waals surface area contributed by atoms with Gasteiger partial charge in [0.15, 0.2) is 0 Å². The summed E-state index contributed by atoms with van der Waals surface area (Å²) in [6.45, 7) is 5.28. The summed E-state index contributed by atoms with van der Waals surface area (Å²) in [5.41, 5.74) is 2.43. The Bertz CT molecular complexity index is 437. The van der Waals surface area contributed by atoms with E-state index in [1.54, 1.807) is 0 Å². The van der Waals surface area contributed by atoms with Crippen LogP contribution >= 0.6 is 0 Å². The van der Waals surface area contributed by atoms with Crippen LogP contribution in [-0.2, 0) is 22.7 Å². The van der Waals surface area contributed by atoms with Crippen LogP contribution in [0.15, 0.2) is 60.7 Å². The van der Waals surface area contributed by atoms with E-state index in [1.807, 2.05) is 48.5 Å². The zero-order chi connectivity index (χ0) is 17.3. The van der Waals surface area contributed by atoms with E-state index >= 15 is 0 Å². The fourth-order valence-electron chi connectivity index (χ4n) is 1.94. The zero-order valence-corrected chi connectivity index (χ0v) is 14.7. The van der Waals surface area contributed by atoms with Crippen LogP contribution in [-0.4, -0.2) is 24.9 Å². The SMILES string of the molecule is CCCCOCc1ccccc1.OCCCOCc1ccccc1. The van der Waals surface area contributed by atoms with E-state index in [0.29, 0.717) is 19.6 Å². The lowest BCUT2D eigenvalue weighted by Crippen LogP contribution is -1.97. The van der Waals surface area contributed by atoms with Crippen LogP contribution in [0.4, 0.5) is 0 Å². The predicted octanol–water partition coefficient (Wildman–Crippen LogP) is 4.59. The molecule has 3 nitrogen and oxygen atoms in total. The minimum absolute atomic E-state index is 0.203. The Morgan fingerprint density at radius 2 is 1.17 bits per heavy atom. The van der Waals surface area contributed by atoms with Crippen LogP contribution in [0.1, 0.15) is 37.3 Å². The molecule has 0 radical (unpaired) electrons. The number of hydrogen-bond acceptors (Lipinski definition) is 3. The highest BCUT2D eigenvalue weighted by Crippen LogP contribution is 2.01. The summed E-state index contributed by atoms with van der Waals surface area (Å²) in [5, 5.41) is 8.48. The molecule has 2 aromatic carbocycles. The summed E-state index contributed by atoms with van der Waals surface area (Å²) in [5.74, 6) is 0. The van der Waals surface area contributed by atoms with Gasteiger partial charge in [0.2, 0.25) is 0 Å². The maximum absolute atomic E-state index is 8.48. The molecule has 0 aliphatic carbocycles. The fraction of sp³-hybridized carbons (Fsp3) is 0.429. The van der Waals surface area contributed by atoms with Crippen molar-refractivity contribution in [3.63, 3.8) is 0 Å². The second kappa shape index (κ2) is 14.9. The third-order valence-corrected chi connectivity index (χ3v) is 3.31. The maximum atomic E-state index is 8.48. The minimum Gasteiger partial charge on any atom is -0.396 e. The van der Waals surface area contributed by atoms with E-state index in [9.17, 15) is 0 Å². The van der Waals surface area contributed by atoms with Gasteiger partial charge in [0.05, 0.1) is 13.2 Å². The Morgan fingerprint density at radius 1 is 0.708 bits per heavy atom. The molecule has 0 heterocycles. The Hall–Kier alpha value is -1.68. The lowest BCUT2D eigenvalue weighted by Gasteiger charge is -2.02. The van der Waals surface area contributed by atoms with Gasteiger partial charge in [0.1, 0.15) is 0 Å². The molecular weight excluding hydrogens is 300 g/mol. The molecule has 1 N–H and O–H groups in total. The summed E-state index contributed by atoms with van der Waals surface area (Å²) in [7, 11) is 0. The second-order valence-electron chi connectivity index (χ2n) is 5.51. The van der Waals surface area contributed by atoms with Crippen molar-refractivity contribution in [1.82, 2.24) is 0 Å². The molecule has 2 rings (SSSR count). The van der Waals surface area contributed by atoms with Crippen molar-refractivity contribution in [2.45, 2.75) is 39.4 Å². The molecule has 0 amide bonds. The quantitative estimate of drug-likeness (QED) is 0.648. The number of aliphatic hydroxyl groups is 1. The first kappa shape index (κ1) is 20.4. The Morgan fingerprint density at radius 3 is 1.58 bits per heavy atom. The summed E-state index contributed by atoms with van der Waals surface area (Å²) >= 11 is 0. The number of ether oxygens (including phenoxy) is 2. The molecular formula is C21H30O3. The first-order chi connectivity index (χ1) is 11.9. The Kier molecular flexibility index (Phi) is 12.6. The molecule has 0 bridgehead atoms. The molecule has 0 fully saturated rings. The van der Waals surface area contributed by atoms with Gasteiger partial charge in [-0.1, -0.05) is 74.0 Å². The standard InChI is InChI=1S/C11H16O.C10H14O2/c1-2-3-9-12-10-11-7-5-4-6-8-11;11-7-4-8-12-9-10-5-2-1-3-6-10/h4-8H,2-3,9-10H2,1H3;1-3,5-6,11H,4,7-9H2. The van der Waals surface area contributed by atoms with Crippen LogP contribution in [0, 0.1) is 0 Å². The molecule has 0 saturated carbocycles. The van der Waals surface area contributed by atoms with Gasteiger partial charge in [0.25, 0.3) is 0 Å². The molecule has 3 heteroatoms. The van der Waals surface area contributed by atoms with Gasteiger partial charge in [-0.15, -0.1) is 0 Å². The number of rotatable bonds is 10. The van der Waals surface area contributed by atoms with Crippen molar-refractivity contribution >= 4 is 0 Å². The van der Waals surface area contributed by atoms with Gasteiger partial charge in [-0.3, -0.25) is 0 Å². The molecule has 24 heavy (non-hydrogen) atoms. The predicted molar refractivity (Wildman–Crippen MR) is 98.8 cm³/mol. The molecule has 0 aromatic heterocycles. The normalized spacial score (nSPS) is 10.1. The smallest absolute Gasteiger partial charge is 0.0716 e. The van der Waals surface area contributed by atoms with Crippen LogP contribution in [0.3, 0.4) is 0 Å². The maximum Gasteiger partial charge on any atom is 0.0716 e. The van der Waals surface area contributed by atoms with Crippen molar-refractivity contribution in [3.05, 3.63) is 71.8 Å². The zero-order valence-electron chi connectivity index (χ0n) is 14.7. The monoisotopic (exact) mass is 330 g/mol. The van der Waals surface area contributed by atoms with Gasteiger partial charge >= 0.3 is 0 Å². The minimum atomic E-state index is 0.203. The molecule has 0 spiro atoms. The third kappa shape index (κ3) is 10.9. The van der Waals surface area contributed by atoms with Crippen LogP contribution in [0.2, 0.25) is 0 Å². The van der Waals surface area contributed by atoms with Gasteiger partial charge < -0.3 is 14.6 Å². The molecule has 0 aliphatic rings. The number of unbranched alkanes of at least 4 members (excludes halogenated alkanes) is 1. The number of benzene rings is 2. The molecule has 0 atom stereocenters. The summed E-state index contributed by atoms with van der Waals surface area (Å²) < 4.78 is 10.8. The van der Waals surface area contributed by atoms with Crippen molar-refractivity contribution in [1.29, 1.82) is 0 Å². The Balaban J connectivity index is 0.000000240. The van der Waals surface area contributed by atoms with E-state index in [0.717, 1.165) is 19.6 Å². The summed E-state index contributed by atoms with van der Waals surface area (Å²) in [6, 6.07) is 20.3. The van der Waals surface area contributed by atoms with Crippen molar-refractivity contribution < 1.29 is 14.6 Å². The topological polar surface area (TPSA) is 38.7 Å². The molecule has 0 aliphatic heterocycles. The van der Waals surface area contributed by atoms with E-state index in [1.165, 1.54) is 17.5 Å². The van der Waals surface area contributed by atoms with Gasteiger partial charge in [-0.05, 0) is 24.0 Å². The van der Waals surface area contributed by atoms with Gasteiger partial charge in [-0.2, -0.15) is 0 Å². The molecule has 2 aromatic rings. The summed E-state index contributed by atoms with van der Waals surface area (Å²) in [4.78, 5) is 0. The van der Waals surface area contributed by atoms with Crippen molar-refractivity contribution in [2.75, 3.05) is 19.8 Å². The third-order valence-electron chi connectivity index (χ3n) is 3.31. The first-order valence-corrected chi connectivity index (χ1v) is 8.71. The lowest BCUT2D eigenvalue weighted by molar-refractivity contribution is 0.104. The average Bonchev–Trinajstić information content (AvgIpc) is 2.65. The lowest BCUT2D eigenvalue weighted by atomic mass is 10.2. The Labute approximate surface area is 146 Å². The van der Waals surface area contributed by atoms with Gasteiger partial charge in [-0.25, -0.2) is 0 Å². The summed E-state index contributed by atoms with van der Waals surface area (Å²) in [6.07, 6.45) is 3.08. The average molecular weight is 330 g/mol. The fourth-order valence-corrected chi connectivity index (χ4v) is 1.94.